The topological polar surface area (TPSA) is 35.9 Å². The van der Waals surface area contributed by atoms with Gasteiger partial charge in [-0.1, -0.05) is 30.0 Å². The predicted octanol–water partition coefficient (Wildman–Crippen LogP) is 6.09. The van der Waals surface area contributed by atoms with Crippen molar-refractivity contribution in [3.8, 4) is 0 Å². The minimum atomic E-state index is -4.44. The number of amides is 1. The maximum Gasteiger partial charge on any atom is 0.416 e. The molecule has 0 unspecified atom stereocenters. The molecule has 30 heavy (non-hydrogen) atoms. The van der Waals surface area contributed by atoms with E-state index < -0.39 is 11.7 Å². The number of anilines is 1. The van der Waals surface area contributed by atoms with Gasteiger partial charge >= 0.3 is 6.18 Å². The molecule has 1 amide bonds. The zero-order valence-electron chi connectivity index (χ0n) is 16.2. The quantitative estimate of drug-likeness (QED) is 0.532. The zero-order chi connectivity index (χ0) is 21.5. The molecule has 2 aromatic carbocycles. The number of aliphatic imine (C=N–C) groups is 1. The van der Waals surface area contributed by atoms with E-state index in [2.05, 4.69) is 9.89 Å². The summed E-state index contributed by atoms with van der Waals surface area (Å²) in [6.45, 7) is 4.91. The average molecular weight is 450 g/mol. The molecule has 0 atom stereocenters. The maximum atomic E-state index is 13.1. The van der Waals surface area contributed by atoms with Crippen molar-refractivity contribution in [3.05, 3.63) is 64.0 Å². The van der Waals surface area contributed by atoms with Crippen molar-refractivity contribution in [2.45, 2.75) is 24.9 Å². The lowest BCUT2D eigenvalue weighted by atomic mass is 10.2. The molecule has 4 rings (SSSR count). The average Bonchev–Trinajstić information content (AvgIpc) is 3.24. The number of halogens is 3. The summed E-state index contributed by atoms with van der Waals surface area (Å²) in [6, 6.07) is 12.8. The molecule has 1 saturated heterocycles. The summed E-state index contributed by atoms with van der Waals surface area (Å²) < 4.78 is 39.1. The number of nitrogens with zero attached hydrogens (tertiary/aromatic N) is 3. The van der Waals surface area contributed by atoms with Crippen LogP contribution >= 0.6 is 23.5 Å². The fourth-order valence-electron chi connectivity index (χ4n) is 3.28. The number of para-hydroxylation sites is 1. The molecule has 0 spiro atoms. The SMILES string of the molecule is CCN1C(=O)/C(=C2/Sc3ccccc3N2CC)SC1=Nc1cccc(C(F)(F)F)c1. The predicted molar refractivity (Wildman–Crippen MR) is 116 cm³/mol. The Balaban J connectivity index is 1.73. The number of hydrogen-bond acceptors (Lipinski definition) is 5. The molecule has 1 fully saturated rings. The summed E-state index contributed by atoms with van der Waals surface area (Å²) in [7, 11) is 0. The molecular formula is C21H18F3N3OS2. The van der Waals surface area contributed by atoms with Gasteiger partial charge in [0.2, 0.25) is 0 Å². The Morgan fingerprint density at radius 1 is 0.967 bits per heavy atom. The monoisotopic (exact) mass is 449 g/mol. The van der Waals surface area contributed by atoms with Gasteiger partial charge in [0.05, 0.1) is 16.9 Å². The molecule has 0 aliphatic carbocycles. The van der Waals surface area contributed by atoms with Crippen molar-refractivity contribution in [2.75, 3.05) is 18.0 Å². The van der Waals surface area contributed by atoms with Gasteiger partial charge in [0, 0.05) is 18.0 Å². The number of hydrogen-bond donors (Lipinski definition) is 0. The van der Waals surface area contributed by atoms with Gasteiger partial charge in [-0.15, -0.1) is 0 Å². The molecule has 0 radical (unpaired) electrons. The summed E-state index contributed by atoms with van der Waals surface area (Å²) >= 11 is 2.74. The van der Waals surface area contributed by atoms with E-state index in [0.29, 0.717) is 23.2 Å². The van der Waals surface area contributed by atoms with Crippen LogP contribution in [0.4, 0.5) is 24.5 Å². The number of benzene rings is 2. The molecule has 4 nitrogen and oxygen atoms in total. The highest BCUT2D eigenvalue weighted by molar-refractivity contribution is 8.19. The zero-order valence-corrected chi connectivity index (χ0v) is 17.9. The van der Waals surface area contributed by atoms with Crippen LogP contribution in [0, 0.1) is 0 Å². The van der Waals surface area contributed by atoms with Crippen LogP contribution in [0.25, 0.3) is 0 Å². The Bertz CT molecular complexity index is 1070. The van der Waals surface area contributed by atoms with Crippen molar-refractivity contribution in [2.24, 2.45) is 4.99 Å². The first-order valence-corrected chi connectivity index (χ1v) is 11.0. The second kappa shape index (κ2) is 8.03. The van der Waals surface area contributed by atoms with Crippen molar-refractivity contribution in [1.82, 2.24) is 4.90 Å². The van der Waals surface area contributed by atoms with Crippen LogP contribution in [-0.4, -0.2) is 29.1 Å². The third-order valence-corrected chi connectivity index (χ3v) is 7.07. The number of rotatable bonds is 3. The number of carbonyl (C=O) groups excluding carboxylic acids is 1. The first-order valence-electron chi connectivity index (χ1n) is 9.37. The molecule has 0 bridgehead atoms. The number of amidine groups is 1. The largest absolute Gasteiger partial charge is 0.416 e. The Labute approximate surface area is 180 Å². The molecular weight excluding hydrogens is 431 g/mol. The van der Waals surface area contributed by atoms with E-state index >= 15 is 0 Å². The molecule has 0 saturated carbocycles. The van der Waals surface area contributed by atoms with Crippen LogP contribution in [0.15, 0.2) is 68.4 Å². The van der Waals surface area contributed by atoms with Gasteiger partial charge in [-0.25, -0.2) is 4.99 Å². The standard InChI is InChI=1S/C21H18F3N3OS2/c1-3-26-15-10-5-6-11-16(15)29-19(26)17-18(28)27(4-2)20(30-17)25-14-9-7-8-13(12-14)21(22,23)24/h5-12H,3-4H2,1-2H3/b19-17-,25-20?. The highest BCUT2D eigenvalue weighted by Crippen LogP contribution is 2.50. The maximum absolute atomic E-state index is 13.1. The van der Waals surface area contributed by atoms with Crippen LogP contribution in [0.2, 0.25) is 0 Å². The van der Waals surface area contributed by atoms with E-state index in [1.807, 2.05) is 38.1 Å². The summed E-state index contributed by atoms with van der Waals surface area (Å²) in [4.78, 5) is 22.7. The normalized spacial score (nSPS) is 20.4. The third-order valence-electron chi connectivity index (χ3n) is 4.70. The van der Waals surface area contributed by atoms with Gasteiger partial charge in [-0.2, -0.15) is 13.2 Å². The molecule has 2 aliphatic heterocycles. The van der Waals surface area contributed by atoms with Crippen LogP contribution in [0.5, 0.6) is 0 Å². The summed E-state index contributed by atoms with van der Waals surface area (Å²) in [5.41, 5.74) is 0.450. The summed E-state index contributed by atoms with van der Waals surface area (Å²) in [5, 5.41) is 1.22. The Morgan fingerprint density at radius 3 is 2.40 bits per heavy atom. The Morgan fingerprint density at radius 2 is 1.70 bits per heavy atom. The highest BCUT2D eigenvalue weighted by Gasteiger charge is 2.39. The van der Waals surface area contributed by atoms with E-state index in [9.17, 15) is 18.0 Å². The van der Waals surface area contributed by atoms with Gasteiger partial charge in [0.25, 0.3) is 5.91 Å². The Hall–Kier alpha value is -2.39. The van der Waals surface area contributed by atoms with E-state index in [4.69, 9.17) is 0 Å². The van der Waals surface area contributed by atoms with Gasteiger partial charge in [0.1, 0.15) is 9.93 Å². The van der Waals surface area contributed by atoms with E-state index in [0.717, 1.165) is 27.7 Å². The van der Waals surface area contributed by atoms with Gasteiger partial charge in [-0.3, -0.25) is 9.69 Å². The number of thioether (sulfide) groups is 2. The minimum absolute atomic E-state index is 0.166. The molecule has 156 valence electrons. The van der Waals surface area contributed by atoms with Crippen LogP contribution in [0.3, 0.4) is 0 Å². The second-order valence-corrected chi connectivity index (χ2v) is 8.55. The molecule has 9 heteroatoms. The number of carbonyl (C=O) groups is 1. The van der Waals surface area contributed by atoms with Crippen molar-refractivity contribution in [1.29, 1.82) is 0 Å². The molecule has 2 aromatic rings. The number of alkyl halides is 3. The summed E-state index contributed by atoms with van der Waals surface area (Å²) in [6.07, 6.45) is -4.44. The van der Waals surface area contributed by atoms with Crippen molar-refractivity contribution in [3.63, 3.8) is 0 Å². The van der Waals surface area contributed by atoms with E-state index in [1.165, 1.54) is 40.6 Å². The fourth-order valence-corrected chi connectivity index (χ4v) is 5.73. The first-order chi connectivity index (χ1) is 14.3. The molecule has 2 aliphatic rings. The number of likely N-dealkylation sites (N-methyl/N-ethyl adjacent to an activating group) is 1. The molecule has 0 aromatic heterocycles. The lowest BCUT2D eigenvalue weighted by molar-refractivity contribution is -0.137. The van der Waals surface area contributed by atoms with E-state index in [1.54, 1.807) is 0 Å². The minimum Gasteiger partial charge on any atom is -0.334 e. The van der Waals surface area contributed by atoms with Gasteiger partial charge < -0.3 is 4.90 Å². The second-order valence-electron chi connectivity index (χ2n) is 6.54. The smallest absolute Gasteiger partial charge is 0.334 e. The third kappa shape index (κ3) is 3.72. The Kier molecular flexibility index (Phi) is 5.59. The first kappa shape index (κ1) is 20.9. The van der Waals surface area contributed by atoms with E-state index in [-0.39, 0.29) is 11.6 Å². The number of fused-ring (bicyclic) bond motifs is 1. The van der Waals surface area contributed by atoms with Gasteiger partial charge in [-0.05, 0) is 55.9 Å². The van der Waals surface area contributed by atoms with Crippen LogP contribution < -0.4 is 4.90 Å². The summed E-state index contributed by atoms with van der Waals surface area (Å²) in [5.74, 6) is -0.179. The van der Waals surface area contributed by atoms with Gasteiger partial charge in [0.15, 0.2) is 5.17 Å². The van der Waals surface area contributed by atoms with Crippen molar-refractivity contribution < 1.29 is 18.0 Å². The fraction of sp³-hybridized carbons (Fsp3) is 0.238. The highest BCUT2D eigenvalue weighted by atomic mass is 32.2. The molecule has 2 heterocycles. The lowest BCUT2D eigenvalue weighted by Gasteiger charge is -2.19. The van der Waals surface area contributed by atoms with Crippen molar-refractivity contribution >= 4 is 46.0 Å². The van der Waals surface area contributed by atoms with Crippen LogP contribution in [-0.2, 0) is 11.0 Å². The lowest BCUT2D eigenvalue weighted by Crippen LogP contribution is -2.29. The van der Waals surface area contributed by atoms with Crippen LogP contribution in [0.1, 0.15) is 19.4 Å². The molecule has 0 N–H and O–H groups in total.